The first-order valence-electron chi connectivity index (χ1n) is 19.8. The first kappa shape index (κ1) is 42.4. The molecule has 0 aromatic carbocycles. The van der Waals surface area contributed by atoms with Gasteiger partial charge in [0.05, 0.1) is 13.1 Å². The van der Waals surface area contributed by atoms with Crippen LogP contribution >= 0.6 is 0 Å². The molecule has 2 N–H and O–H groups in total. The van der Waals surface area contributed by atoms with Gasteiger partial charge in [0, 0.05) is 12.4 Å². The van der Waals surface area contributed by atoms with Crippen molar-refractivity contribution in [3.8, 4) is 0 Å². The van der Waals surface area contributed by atoms with Gasteiger partial charge in [-0.2, -0.15) is 0 Å². The molecule has 0 amide bonds. The minimum Gasteiger partial charge on any atom is -0.550 e. The molecule has 1 atom stereocenters. The van der Waals surface area contributed by atoms with E-state index in [2.05, 4.69) is 31.1 Å². The number of likely N-dealkylation sites (N-methyl/N-ethyl adjacent to an activating group) is 1. The number of nitrogens with zero attached hydrogens (tertiary/aromatic N) is 1. The number of rotatable bonds is 32. The number of quaternary nitrogens is 1. The minimum atomic E-state index is -0.903. The monoisotopic (exact) mass is 609 g/mol. The summed E-state index contributed by atoms with van der Waals surface area (Å²) in [6.07, 6.45) is 44.0. The van der Waals surface area contributed by atoms with Crippen LogP contribution in [-0.4, -0.2) is 37.2 Å². The molecule has 0 aromatic heterocycles. The molecule has 1 saturated heterocycles. The fourth-order valence-corrected chi connectivity index (χ4v) is 6.52. The Morgan fingerprint density at radius 3 is 1.12 bits per heavy atom. The van der Waals surface area contributed by atoms with Gasteiger partial charge in [-0.1, -0.05) is 194 Å². The van der Waals surface area contributed by atoms with E-state index in [1.807, 2.05) is 0 Å². The predicted octanol–water partition coefficient (Wildman–Crippen LogP) is 10.1. The van der Waals surface area contributed by atoms with E-state index in [4.69, 9.17) is 0 Å². The highest BCUT2D eigenvalue weighted by Crippen LogP contribution is 2.15. The van der Waals surface area contributed by atoms with Gasteiger partial charge in [0.2, 0.25) is 0 Å². The summed E-state index contributed by atoms with van der Waals surface area (Å²) in [6.45, 7) is 7.15. The maximum atomic E-state index is 10.2. The molecule has 0 bridgehead atoms. The number of carboxylic acid groups (broad SMARTS) is 1. The maximum absolute atomic E-state index is 10.2. The smallest absolute Gasteiger partial charge is 0.142 e. The largest absolute Gasteiger partial charge is 0.550 e. The number of carbonyl (C=O) groups excluding carboxylic acids is 1. The van der Waals surface area contributed by atoms with Gasteiger partial charge in [0.1, 0.15) is 6.17 Å². The minimum absolute atomic E-state index is 0.234. The van der Waals surface area contributed by atoms with E-state index in [9.17, 15) is 9.90 Å². The van der Waals surface area contributed by atoms with Crippen LogP contribution < -0.4 is 10.4 Å². The molecule has 43 heavy (non-hydrogen) atoms. The molecule has 0 aromatic rings. The first-order valence-corrected chi connectivity index (χ1v) is 19.8. The van der Waals surface area contributed by atoms with E-state index >= 15 is 0 Å². The molecule has 258 valence electrons. The van der Waals surface area contributed by atoms with Gasteiger partial charge in [0.25, 0.3) is 0 Å². The summed E-state index contributed by atoms with van der Waals surface area (Å²) in [7, 11) is 2.28. The molecule has 0 radical (unpaired) electrons. The van der Waals surface area contributed by atoms with Crippen LogP contribution in [-0.2, 0) is 4.79 Å². The lowest BCUT2D eigenvalue weighted by molar-refractivity contribution is -0.680. The van der Waals surface area contributed by atoms with Crippen molar-refractivity contribution in [1.82, 2.24) is 4.90 Å². The highest BCUT2D eigenvalue weighted by molar-refractivity contribution is 5.64. The van der Waals surface area contributed by atoms with E-state index in [0.29, 0.717) is 0 Å². The van der Waals surface area contributed by atoms with Gasteiger partial charge in [-0.15, -0.1) is 0 Å². The van der Waals surface area contributed by atoms with Gasteiger partial charge < -0.3 is 15.2 Å². The average Bonchev–Trinajstić information content (AvgIpc) is 3.41. The fraction of sp³-hybridized carbons (Fsp3) is 0.974. The Kier molecular flexibility index (Phi) is 35.4. The van der Waals surface area contributed by atoms with Crippen molar-refractivity contribution in [3.05, 3.63) is 0 Å². The Bertz CT molecular complexity index is 541. The van der Waals surface area contributed by atoms with Crippen LogP contribution in [0.5, 0.6) is 0 Å². The molecule has 1 rings (SSSR count). The fourth-order valence-electron chi connectivity index (χ4n) is 6.52. The van der Waals surface area contributed by atoms with Crippen molar-refractivity contribution >= 4 is 5.97 Å². The predicted molar refractivity (Wildman–Crippen MR) is 187 cm³/mol. The van der Waals surface area contributed by atoms with Crippen LogP contribution in [0, 0.1) is 0 Å². The van der Waals surface area contributed by atoms with E-state index in [1.54, 1.807) is 0 Å². The van der Waals surface area contributed by atoms with Crippen molar-refractivity contribution < 1.29 is 15.2 Å². The summed E-state index contributed by atoms with van der Waals surface area (Å²) >= 11 is 0. The Hall–Kier alpha value is -0.610. The molecule has 4 heteroatoms. The third kappa shape index (κ3) is 34.1. The number of hydrogen-bond donors (Lipinski definition) is 1. The Morgan fingerprint density at radius 2 is 0.837 bits per heavy atom. The summed E-state index contributed by atoms with van der Waals surface area (Å²) < 4.78 is 0. The molecule has 1 aliphatic heterocycles. The van der Waals surface area contributed by atoms with Crippen LogP contribution in [0.2, 0.25) is 0 Å². The number of unbranched alkanes of at least 4 members (excludes halogenated alkanes) is 28. The van der Waals surface area contributed by atoms with Gasteiger partial charge in [-0.25, -0.2) is 0 Å². The summed E-state index contributed by atoms with van der Waals surface area (Å²) in [4.78, 5) is 12.7. The lowest BCUT2D eigenvalue weighted by Crippen LogP contribution is -2.88. The molecular formula is C39H80N2O2. The summed E-state index contributed by atoms with van der Waals surface area (Å²) in [6, 6.07) is 0. The molecule has 0 saturated carbocycles. The quantitative estimate of drug-likeness (QED) is 0.0773. The van der Waals surface area contributed by atoms with Crippen molar-refractivity contribution in [2.45, 2.75) is 225 Å². The molecule has 0 aliphatic carbocycles. The van der Waals surface area contributed by atoms with Gasteiger partial charge in [-0.3, -0.25) is 4.90 Å². The van der Waals surface area contributed by atoms with Crippen LogP contribution in [0.3, 0.4) is 0 Å². The second kappa shape index (κ2) is 35.9. The number of carbonyl (C=O) groups is 1. The van der Waals surface area contributed by atoms with Crippen molar-refractivity contribution in [3.63, 3.8) is 0 Å². The third-order valence-electron chi connectivity index (χ3n) is 9.57. The lowest BCUT2D eigenvalue weighted by Gasteiger charge is -2.14. The van der Waals surface area contributed by atoms with Gasteiger partial charge >= 0.3 is 0 Å². The highest BCUT2D eigenvalue weighted by Gasteiger charge is 2.22. The molecule has 1 fully saturated rings. The van der Waals surface area contributed by atoms with Gasteiger partial charge in [-0.05, 0) is 26.3 Å². The molecule has 1 heterocycles. The number of aliphatic carboxylic acids is 1. The van der Waals surface area contributed by atoms with Gasteiger partial charge in [0.15, 0.2) is 0 Å². The molecular weight excluding hydrogens is 528 g/mol. The second-order valence-electron chi connectivity index (χ2n) is 13.9. The first-order chi connectivity index (χ1) is 21.1. The van der Waals surface area contributed by atoms with Crippen LogP contribution in [0.25, 0.3) is 0 Å². The Labute approximate surface area is 271 Å². The number of carboxylic acids is 1. The van der Waals surface area contributed by atoms with Crippen molar-refractivity contribution in [2.24, 2.45) is 0 Å². The van der Waals surface area contributed by atoms with Crippen LogP contribution in [0.1, 0.15) is 219 Å². The molecule has 1 aliphatic rings. The zero-order valence-electron chi connectivity index (χ0n) is 30.0. The van der Waals surface area contributed by atoms with Crippen LogP contribution in [0.15, 0.2) is 0 Å². The highest BCUT2D eigenvalue weighted by atomic mass is 16.4. The van der Waals surface area contributed by atoms with E-state index < -0.39 is 5.97 Å². The Balaban J connectivity index is 0.000000830. The maximum Gasteiger partial charge on any atom is 0.142 e. The molecule has 1 unspecified atom stereocenters. The molecule has 0 spiro atoms. The average molecular weight is 609 g/mol. The Morgan fingerprint density at radius 1 is 0.535 bits per heavy atom. The van der Waals surface area contributed by atoms with E-state index in [-0.39, 0.29) is 6.42 Å². The standard InChI is InChI=1S/C21H44N2.C18H36O2/c1-3-4-5-6-7-8-9-10-11-12-13-14-15-16-17-18-21-22-19-20-23(21)2;1-2-3-4-5-6-7-8-9-10-11-12-13-14-15-16-17-18(19)20/h21-22H,3-20H2,1-2H3;2-17H2,1H3,(H,19,20). The third-order valence-corrected chi connectivity index (χ3v) is 9.57. The number of nitrogens with two attached hydrogens (primary N) is 1. The van der Waals surface area contributed by atoms with Crippen molar-refractivity contribution in [2.75, 3.05) is 20.1 Å². The topological polar surface area (TPSA) is 60.0 Å². The lowest BCUT2D eigenvalue weighted by atomic mass is 10.0. The zero-order valence-corrected chi connectivity index (χ0v) is 30.0. The summed E-state index contributed by atoms with van der Waals surface area (Å²) in [5, 5.41) is 12.7. The normalized spacial score (nSPS) is 15.1. The SMILES string of the molecule is CCCCCCCCCCCCCCCCCC(=O)[O-].CCCCCCCCCCCCCCCCCC1[NH2+]CCN1C. The number of hydrogen-bond acceptors (Lipinski definition) is 3. The van der Waals surface area contributed by atoms with Crippen LogP contribution in [0.4, 0.5) is 0 Å². The second-order valence-corrected chi connectivity index (χ2v) is 13.9. The van der Waals surface area contributed by atoms with Crippen molar-refractivity contribution in [1.29, 1.82) is 0 Å². The summed E-state index contributed by atoms with van der Waals surface area (Å²) in [5.74, 6) is -0.903. The molecule has 4 nitrogen and oxygen atoms in total. The van der Waals surface area contributed by atoms with E-state index in [0.717, 1.165) is 19.0 Å². The zero-order chi connectivity index (χ0) is 31.5. The van der Waals surface area contributed by atoms with E-state index in [1.165, 1.54) is 199 Å². The summed E-state index contributed by atoms with van der Waals surface area (Å²) in [5.41, 5.74) is 0.